The van der Waals surface area contributed by atoms with E-state index in [1.54, 1.807) is 0 Å². The van der Waals surface area contributed by atoms with Crippen LogP contribution in [0.1, 0.15) is 168 Å². The van der Waals surface area contributed by atoms with E-state index in [-0.39, 0.29) is 11.8 Å². The lowest BCUT2D eigenvalue weighted by Crippen LogP contribution is -2.48. The van der Waals surface area contributed by atoms with E-state index >= 15 is 0 Å². The van der Waals surface area contributed by atoms with Gasteiger partial charge in [0.15, 0.2) is 13.1 Å². The highest BCUT2D eigenvalue weighted by atomic mass is 16.2. The monoisotopic (exact) mass is 625 g/mol. The van der Waals surface area contributed by atoms with Crippen LogP contribution in [0.3, 0.4) is 0 Å². The van der Waals surface area contributed by atoms with Crippen molar-refractivity contribution in [3.8, 4) is 0 Å². The minimum absolute atomic E-state index is 0.208. The maximum atomic E-state index is 12.4. The Bertz CT molecular complexity index is 609. The third kappa shape index (κ3) is 30.9. The molecule has 0 bridgehead atoms. The highest BCUT2D eigenvalue weighted by molar-refractivity contribution is 5.77. The van der Waals surface area contributed by atoms with Crippen LogP contribution < -0.4 is 10.6 Å². The number of hydrogen-bond acceptors (Lipinski definition) is 2. The quantitative estimate of drug-likeness (QED) is 0.0566. The molecule has 0 atom stereocenters. The van der Waals surface area contributed by atoms with Crippen LogP contribution in [-0.4, -0.2) is 88.2 Å². The zero-order chi connectivity index (χ0) is 32.8. The first-order chi connectivity index (χ1) is 21.1. The minimum atomic E-state index is 0.208. The SMILES string of the molecule is CCCCCCCCCCNC(=O)C[N+](C)(C)CCCCCCCCCC[N+](C)(C)CC(=O)NCCCCCCCCCC. The van der Waals surface area contributed by atoms with Gasteiger partial charge >= 0.3 is 0 Å². The average Bonchev–Trinajstić information content (AvgIpc) is 2.95. The molecule has 0 saturated carbocycles. The van der Waals surface area contributed by atoms with Gasteiger partial charge in [-0.25, -0.2) is 0 Å². The number of nitrogens with zero attached hydrogens (tertiary/aromatic N) is 2. The summed E-state index contributed by atoms with van der Waals surface area (Å²) >= 11 is 0. The Morgan fingerprint density at radius 2 is 0.636 bits per heavy atom. The van der Waals surface area contributed by atoms with Gasteiger partial charge in [0, 0.05) is 13.1 Å². The van der Waals surface area contributed by atoms with Gasteiger partial charge in [-0.2, -0.15) is 0 Å². The fourth-order valence-electron chi connectivity index (χ4n) is 6.16. The summed E-state index contributed by atoms with van der Waals surface area (Å²) in [4.78, 5) is 24.8. The van der Waals surface area contributed by atoms with E-state index in [1.807, 2.05) is 0 Å². The highest BCUT2D eigenvalue weighted by Crippen LogP contribution is 2.12. The molecule has 0 rings (SSSR count). The number of carbonyl (C=O) groups is 2. The fourth-order valence-corrected chi connectivity index (χ4v) is 6.16. The molecule has 0 aliphatic heterocycles. The third-order valence-electron chi connectivity index (χ3n) is 9.13. The summed E-state index contributed by atoms with van der Waals surface area (Å²) in [5.41, 5.74) is 0. The maximum Gasteiger partial charge on any atom is 0.275 e. The van der Waals surface area contributed by atoms with E-state index in [0.717, 1.165) is 48.0 Å². The van der Waals surface area contributed by atoms with E-state index in [9.17, 15) is 9.59 Å². The zero-order valence-corrected chi connectivity index (χ0v) is 30.9. The number of rotatable bonds is 33. The van der Waals surface area contributed by atoms with Gasteiger partial charge in [0.05, 0.1) is 41.3 Å². The first-order valence-electron chi connectivity index (χ1n) is 19.3. The number of likely N-dealkylation sites (N-methyl/N-ethyl adjacent to an activating group) is 2. The van der Waals surface area contributed by atoms with Gasteiger partial charge in [-0.1, -0.05) is 129 Å². The fraction of sp³-hybridized carbons (Fsp3) is 0.947. The predicted molar refractivity (Wildman–Crippen MR) is 192 cm³/mol. The second kappa shape index (κ2) is 29.3. The van der Waals surface area contributed by atoms with Crippen molar-refractivity contribution in [2.24, 2.45) is 0 Å². The molecule has 0 radical (unpaired) electrons. The molecule has 0 aliphatic rings. The molecule has 2 amide bonds. The Labute approximate surface area is 276 Å². The smallest absolute Gasteiger partial charge is 0.275 e. The molecule has 0 aromatic rings. The average molecular weight is 625 g/mol. The van der Waals surface area contributed by atoms with Gasteiger partial charge in [0.1, 0.15) is 0 Å². The van der Waals surface area contributed by atoms with E-state index < -0.39 is 0 Å². The van der Waals surface area contributed by atoms with Crippen LogP contribution in [0.25, 0.3) is 0 Å². The van der Waals surface area contributed by atoms with E-state index in [1.165, 1.54) is 141 Å². The van der Waals surface area contributed by atoms with Crippen LogP contribution in [0.5, 0.6) is 0 Å². The van der Waals surface area contributed by atoms with Crippen molar-refractivity contribution < 1.29 is 18.6 Å². The second-order valence-electron chi connectivity index (χ2n) is 15.1. The Kier molecular flexibility index (Phi) is 28.5. The Morgan fingerprint density at radius 1 is 0.386 bits per heavy atom. The molecule has 6 nitrogen and oxygen atoms in total. The molecule has 0 aliphatic carbocycles. The van der Waals surface area contributed by atoms with Gasteiger partial charge in [-0.05, 0) is 38.5 Å². The molecule has 262 valence electrons. The molecule has 6 heteroatoms. The molecule has 0 heterocycles. The molecule has 0 saturated heterocycles. The van der Waals surface area contributed by atoms with Crippen molar-refractivity contribution >= 4 is 11.8 Å². The summed E-state index contributed by atoms with van der Waals surface area (Å²) in [6.07, 6.45) is 31.0. The largest absolute Gasteiger partial charge is 0.351 e. The number of hydrogen-bond donors (Lipinski definition) is 2. The summed E-state index contributed by atoms with van der Waals surface area (Å²) in [7, 11) is 8.77. The van der Waals surface area contributed by atoms with E-state index in [4.69, 9.17) is 0 Å². The van der Waals surface area contributed by atoms with Gasteiger partial charge < -0.3 is 19.6 Å². The number of carbonyl (C=O) groups excluding carboxylic acids is 2. The van der Waals surface area contributed by atoms with Crippen molar-refractivity contribution in [1.82, 2.24) is 10.6 Å². The van der Waals surface area contributed by atoms with Crippen LogP contribution in [0.2, 0.25) is 0 Å². The summed E-state index contributed by atoms with van der Waals surface area (Å²) in [6.45, 7) is 9.52. The normalized spacial score (nSPS) is 12.0. The topological polar surface area (TPSA) is 58.2 Å². The summed E-state index contributed by atoms with van der Waals surface area (Å²) < 4.78 is 1.57. The van der Waals surface area contributed by atoms with Gasteiger partial charge in [0.2, 0.25) is 0 Å². The molecule has 0 fully saturated rings. The van der Waals surface area contributed by atoms with Crippen molar-refractivity contribution in [2.75, 3.05) is 67.5 Å². The lowest BCUT2D eigenvalue weighted by Gasteiger charge is -2.29. The van der Waals surface area contributed by atoms with Gasteiger partial charge in [0.25, 0.3) is 11.8 Å². The minimum Gasteiger partial charge on any atom is -0.351 e. The molecule has 2 N–H and O–H groups in total. The van der Waals surface area contributed by atoms with Crippen molar-refractivity contribution in [3.05, 3.63) is 0 Å². The zero-order valence-electron chi connectivity index (χ0n) is 30.9. The predicted octanol–water partition coefficient (Wildman–Crippen LogP) is 8.77. The summed E-state index contributed by atoms with van der Waals surface area (Å²) in [5, 5.41) is 6.30. The Morgan fingerprint density at radius 3 is 0.932 bits per heavy atom. The van der Waals surface area contributed by atoms with E-state index in [0.29, 0.717) is 13.1 Å². The number of nitrogens with one attached hydrogen (secondary N) is 2. The summed E-state index contributed by atoms with van der Waals surface area (Å²) in [6, 6.07) is 0. The van der Waals surface area contributed by atoms with Gasteiger partial charge in [-0.3, -0.25) is 9.59 Å². The first-order valence-corrected chi connectivity index (χ1v) is 19.3. The van der Waals surface area contributed by atoms with Crippen LogP contribution in [0.15, 0.2) is 0 Å². The molecule has 0 aromatic carbocycles. The number of quaternary nitrogens is 2. The molecule has 0 aromatic heterocycles. The maximum absolute atomic E-state index is 12.4. The van der Waals surface area contributed by atoms with E-state index in [2.05, 4.69) is 52.7 Å². The first kappa shape index (κ1) is 42.9. The molecular weight excluding hydrogens is 544 g/mol. The highest BCUT2D eigenvalue weighted by Gasteiger charge is 2.20. The number of unbranched alkanes of at least 4 members (excludes halogenated alkanes) is 21. The molecular formula is C38H80N4O2+2. The number of amides is 2. The lowest BCUT2D eigenvalue weighted by atomic mass is 10.1. The van der Waals surface area contributed by atoms with Crippen LogP contribution >= 0.6 is 0 Å². The molecule has 0 unspecified atom stereocenters. The van der Waals surface area contributed by atoms with Crippen molar-refractivity contribution in [3.63, 3.8) is 0 Å². The second-order valence-corrected chi connectivity index (χ2v) is 15.1. The van der Waals surface area contributed by atoms with Crippen LogP contribution in [0.4, 0.5) is 0 Å². The van der Waals surface area contributed by atoms with Crippen molar-refractivity contribution in [2.45, 2.75) is 168 Å². The third-order valence-corrected chi connectivity index (χ3v) is 9.13. The van der Waals surface area contributed by atoms with Gasteiger partial charge in [-0.15, -0.1) is 0 Å². The van der Waals surface area contributed by atoms with Crippen molar-refractivity contribution in [1.29, 1.82) is 0 Å². The summed E-state index contributed by atoms with van der Waals surface area (Å²) in [5.74, 6) is 0.415. The van der Waals surface area contributed by atoms with Crippen LogP contribution in [0, 0.1) is 0 Å². The molecule has 44 heavy (non-hydrogen) atoms. The molecule has 0 spiro atoms. The Balaban J connectivity index is 3.65. The van der Waals surface area contributed by atoms with Crippen LogP contribution in [-0.2, 0) is 9.59 Å². The standard InChI is InChI=1S/C38H78N4O2/c1-7-9-11-13-15-19-23-27-31-39-37(43)35-41(3,4)33-29-25-21-17-18-22-26-30-34-42(5,6)36-38(44)40-32-28-24-20-16-14-12-10-8-2/h7-36H2,1-6H3/p+2. The lowest BCUT2D eigenvalue weighted by molar-refractivity contribution is -0.882. The Hall–Kier alpha value is -1.14.